The molecule has 0 radical (unpaired) electrons. The molecular formula is C23H35BNO3+. The fourth-order valence-corrected chi connectivity index (χ4v) is 5.93. The first kappa shape index (κ1) is 20.1. The van der Waals surface area contributed by atoms with E-state index in [1.807, 2.05) is 13.0 Å². The number of carbonyl (C=O) groups is 1. The maximum Gasteiger partial charge on any atom is 0.461 e. The summed E-state index contributed by atoms with van der Waals surface area (Å²) in [5.74, 6) is 1.72. The van der Waals surface area contributed by atoms with Crippen LogP contribution in [-0.4, -0.2) is 30.6 Å². The van der Waals surface area contributed by atoms with Crippen LogP contribution in [-0.2, 0) is 20.5 Å². The number of ketones is 1. The van der Waals surface area contributed by atoms with Crippen LogP contribution in [0.1, 0.15) is 58.9 Å². The van der Waals surface area contributed by atoms with Crippen LogP contribution in [0, 0.1) is 17.3 Å². The van der Waals surface area contributed by atoms with Crippen molar-refractivity contribution in [3.8, 4) is 0 Å². The second-order valence-corrected chi connectivity index (χ2v) is 10.2. The van der Waals surface area contributed by atoms with E-state index in [1.54, 1.807) is 0 Å². The summed E-state index contributed by atoms with van der Waals surface area (Å²) < 4.78 is 13.3. The number of carbonyl (C=O) groups excluding carboxylic acids is 1. The molecular weight excluding hydrogens is 349 g/mol. The van der Waals surface area contributed by atoms with Crippen molar-refractivity contribution >= 4 is 12.9 Å². The van der Waals surface area contributed by atoms with Crippen LogP contribution in [0.2, 0.25) is 5.82 Å². The molecule has 1 aromatic rings. The van der Waals surface area contributed by atoms with Crippen LogP contribution in [0.15, 0.2) is 30.3 Å². The number of quaternary nitrogens is 1. The van der Waals surface area contributed by atoms with E-state index in [9.17, 15) is 4.79 Å². The van der Waals surface area contributed by atoms with Gasteiger partial charge in [0.2, 0.25) is 0 Å². The topological polar surface area (TPSA) is 63.2 Å². The van der Waals surface area contributed by atoms with Gasteiger partial charge in [0.05, 0.1) is 11.7 Å². The minimum absolute atomic E-state index is 0.157. The van der Waals surface area contributed by atoms with Gasteiger partial charge >= 0.3 is 7.12 Å². The van der Waals surface area contributed by atoms with Crippen molar-refractivity contribution in [2.75, 3.05) is 0 Å². The fraction of sp³-hybridized carbons (Fsp3) is 0.696. The van der Waals surface area contributed by atoms with E-state index >= 15 is 0 Å². The average Bonchev–Trinajstić information content (AvgIpc) is 3.02. The van der Waals surface area contributed by atoms with Crippen molar-refractivity contribution < 1.29 is 19.8 Å². The first-order valence-electron chi connectivity index (χ1n) is 10.9. The Labute approximate surface area is 169 Å². The van der Waals surface area contributed by atoms with Crippen molar-refractivity contribution in [1.82, 2.24) is 0 Å². The summed E-state index contributed by atoms with van der Waals surface area (Å²) in [5, 5.41) is 0. The Morgan fingerprint density at radius 3 is 2.61 bits per heavy atom. The molecule has 0 spiro atoms. The first-order chi connectivity index (χ1) is 13.2. The smallest absolute Gasteiger partial charge is 0.405 e. The van der Waals surface area contributed by atoms with Crippen LogP contribution in [0.3, 0.4) is 0 Å². The Balaban J connectivity index is 1.51. The monoisotopic (exact) mass is 384 g/mol. The van der Waals surface area contributed by atoms with Crippen LogP contribution < -0.4 is 5.73 Å². The van der Waals surface area contributed by atoms with Crippen LogP contribution in [0.25, 0.3) is 0 Å². The Morgan fingerprint density at radius 2 is 1.96 bits per heavy atom. The van der Waals surface area contributed by atoms with Crippen LogP contribution >= 0.6 is 0 Å². The summed E-state index contributed by atoms with van der Waals surface area (Å²) in [4.78, 5) is 12.2. The molecule has 1 heterocycles. The van der Waals surface area contributed by atoms with E-state index in [2.05, 4.69) is 50.8 Å². The summed E-state index contributed by atoms with van der Waals surface area (Å²) in [5.41, 5.74) is 5.32. The second kappa shape index (κ2) is 7.26. The highest BCUT2D eigenvalue weighted by atomic mass is 16.7. The molecule has 0 amide bonds. The highest BCUT2D eigenvalue weighted by Crippen LogP contribution is 2.66. The van der Waals surface area contributed by atoms with E-state index in [1.165, 1.54) is 12.0 Å². The summed E-state index contributed by atoms with van der Waals surface area (Å²) >= 11 is 0. The lowest BCUT2D eigenvalue weighted by atomic mass is 9.43. The second-order valence-electron chi connectivity index (χ2n) is 10.2. The Morgan fingerprint density at radius 1 is 1.25 bits per heavy atom. The molecule has 0 aromatic heterocycles. The maximum absolute atomic E-state index is 12.2. The zero-order valence-corrected chi connectivity index (χ0v) is 17.8. The lowest BCUT2D eigenvalue weighted by molar-refractivity contribution is -0.397. The Bertz CT molecular complexity index is 722. The average molecular weight is 384 g/mol. The highest BCUT2D eigenvalue weighted by Gasteiger charge is 2.68. The number of rotatable bonds is 7. The molecule has 1 saturated heterocycles. The summed E-state index contributed by atoms with van der Waals surface area (Å²) in [6, 6.07) is 10.3. The van der Waals surface area contributed by atoms with Crippen molar-refractivity contribution in [3.63, 3.8) is 0 Å². The quantitative estimate of drug-likeness (QED) is 0.734. The Kier molecular flexibility index (Phi) is 5.22. The molecule has 4 aliphatic rings. The summed E-state index contributed by atoms with van der Waals surface area (Å²) in [6.45, 7) is 8.92. The van der Waals surface area contributed by atoms with Gasteiger partial charge in [0.25, 0.3) is 0 Å². The van der Waals surface area contributed by atoms with E-state index in [0.717, 1.165) is 25.2 Å². The number of Topliss-reactive ketones (excluding diaryl/α,β-unsaturated/α-hetero) is 1. The molecule has 152 valence electrons. The molecule has 4 fully saturated rings. The van der Waals surface area contributed by atoms with E-state index in [-0.39, 0.29) is 36.5 Å². The molecule has 3 N–H and O–H groups in total. The highest BCUT2D eigenvalue weighted by molar-refractivity contribution is 6.47. The van der Waals surface area contributed by atoms with E-state index in [0.29, 0.717) is 17.8 Å². The van der Waals surface area contributed by atoms with Crippen molar-refractivity contribution in [1.29, 1.82) is 0 Å². The third-order valence-electron chi connectivity index (χ3n) is 8.01. The van der Waals surface area contributed by atoms with Crippen LogP contribution in [0.5, 0.6) is 0 Å². The van der Waals surface area contributed by atoms with Crippen molar-refractivity contribution in [3.05, 3.63) is 35.9 Å². The lowest BCUT2D eigenvalue weighted by Gasteiger charge is -2.64. The molecule has 5 heteroatoms. The third-order valence-corrected chi connectivity index (χ3v) is 8.01. The fourth-order valence-electron chi connectivity index (χ4n) is 5.93. The molecule has 1 aromatic carbocycles. The SMILES string of the molecule is C[C@H]([NH3+])C(=O)CC[C@H](Cc1ccccc1)B1OC2CC3CC(C3(C)C)[C@]2(C)O1. The molecule has 5 rings (SSSR count). The molecule has 1 aliphatic heterocycles. The van der Waals surface area contributed by atoms with Crippen LogP contribution in [0.4, 0.5) is 0 Å². The van der Waals surface area contributed by atoms with E-state index in [4.69, 9.17) is 9.31 Å². The number of hydrogen-bond acceptors (Lipinski definition) is 3. The van der Waals surface area contributed by atoms with Gasteiger partial charge in [-0.05, 0) is 68.2 Å². The molecule has 3 aliphatic carbocycles. The summed E-state index contributed by atoms with van der Waals surface area (Å²) in [6.07, 6.45) is 4.77. The van der Waals surface area contributed by atoms with Gasteiger partial charge < -0.3 is 15.0 Å². The zero-order valence-electron chi connectivity index (χ0n) is 17.8. The standard InChI is InChI=1S/C23H34BNO3/c1-15(25)19(26)11-10-18(12-16-8-6-5-7-9-16)24-27-21-14-17-13-20(22(17,2)3)23(21,4)28-24/h5-9,15,17-18,20-21H,10-14,25H2,1-4H3/p+1/t15-,17?,18+,20?,21?,23-/m0/s1. The Hall–Kier alpha value is -1.17. The van der Waals surface area contributed by atoms with Gasteiger partial charge in [-0.15, -0.1) is 0 Å². The van der Waals surface area contributed by atoms with Gasteiger partial charge in [-0.3, -0.25) is 4.79 Å². The predicted octanol–water partition coefficient (Wildman–Crippen LogP) is 3.31. The lowest BCUT2D eigenvalue weighted by Crippen LogP contribution is -2.65. The predicted molar refractivity (Wildman–Crippen MR) is 111 cm³/mol. The third kappa shape index (κ3) is 3.36. The minimum atomic E-state index is -0.224. The number of hydrogen-bond donors (Lipinski definition) is 1. The molecule has 2 bridgehead atoms. The van der Waals surface area contributed by atoms with E-state index < -0.39 is 0 Å². The molecule has 6 atom stereocenters. The number of benzene rings is 1. The first-order valence-corrected chi connectivity index (χ1v) is 10.9. The maximum atomic E-state index is 12.2. The molecule has 3 unspecified atom stereocenters. The van der Waals surface area contributed by atoms with Gasteiger partial charge in [-0.1, -0.05) is 44.2 Å². The molecule has 3 saturated carbocycles. The minimum Gasteiger partial charge on any atom is -0.405 e. The van der Waals surface area contributed by atoms with Gasteiger partial charge in [0.1, 0.15) is 6.04 Å². The van der Waals surface area contributed by atoms with Gasteiger partial charge in [-0.2, -0.15) is 0 Å². The normalized spacial score (nSPS) is 35.0. The van der Waals surface area contributed by atoms with Gasteiger partial charge in [0, 0.05) is 6.42 Å². The van der Waals surface area contributed by atoms with Gasteiger partial charge in [0.15, 0.2) is 5.78 Å². The molecule has 4 nitrogen and oxygen atoms in total. The largest absolute Gasteiger partial charge is 0.461 e. The molecule has 28 heavy (non-hydrogen) atoms. The van der Waals surface area contributed by atoms with Crippen molar-refractivity contribution in [2.45, 2.75) is 83.4 Å². The summed E-state index contributed by atoms with van der Waals surface area (Å²) in [7, 11) is -0.224. The zero-order chi connectivity index (χ0) is 20.1. The van der Waals surface area contributed by atoms with Gasteiger partial charge in [-0.25, -0.2) is 0 Å². The van der Waals surface area contributed by atoms with Crippen molar-refractivity contribution in [2.24, 2.45) is 17.3 Å².